The van der Waals surface area contributed by atoms with Gasteiger partial charge in [-0.2, -0.15) is 0 Å². The molecular formula is C18H17NO4. The maximum Gasteiger partial charge on any atom is 0.377 e. The molecule has 5 nitrogen and oxygen atoms in total. The van der Waals surface area contributed by atoms with Gasteiger partial charge in [-0.15, -0.1) is 0 Å². The third kappa shape index (κ3) is 4.78. The van der Waals surface area contributed by atoms with E-state index < -0.39 is 23.7 Å². The molecule has 23 heavy (non-hydrogen) atoms. The Bertz CT molecular complexity index is 683. The number of ether oxygens (including phenoxy) is 1. The number of hydrogen-bond donors (Lipinski definition) is 1. The van der Waals surface area contributed by atoms with Gasteiger partial charge in [-0.05, 0) is 24.6 Å². The van der Waals surface area contributed by atoms with E-state index in [4.69, 9.17) is 4.74 Å². The Morgan fingerprint density at radius 2 is 1.52 bits per heavy atom. The lowest BCUT2D eigenvalue weighted by Gasteiger charge is -2.12. The molecule has 0 aliphatic carbocycles. The maximum atomic E-state index is 11.9. The van der Waals surface area contributed by atoms with E-state index in [-0.39, 0.29) is 6.61 Å². The zero-order chi connectivity index (χ0) is 16.7. The van der Waals surface area contributed by atoms with Crippen LogP contribution >= 0.6 is 0 Å². The number of hydrogen-bond acceptors (Lipinski definition) is 4. The van der Waals surface area contributed by atoms with Gasteiger partial charge >= 0.3 is 5.97 Å². The van der Waals surface area contributed by atoms with Gasteiger partial charge in [-0.1, -0.05) is 48.5 Å². The van der Waals surface area contributed by atoms with Gasteiger partial charge in [0.1, 0.15) is 6.61 Å². The molecule has 2 aromatic rings. The number of esters is 1. The minimum atomic E-state index is -0.963. The summed E-state index contributed by atoms with van der Waals surface area (Å²) in [5.74, 6) is -2.16. The smallest absolute Gasteiger partial charge is 0.377 e. The van der Waals surface area contributed by atoms with Crippen LogP contribution < -0.4 is 5.32 Å². The van der Waals surface area contributed by atoms with E-state index in [2.05, 4.69) is 5.32 Å². The molecule has 2 aromatic carbocycles. The lowest BCUT2D eigenvalue weighted by Crippen LogP contribution is -2.42. The Morgan fingerprint density at radius 3 is 2.13 bits per heavy atom. The maximum absolute atomic E-state index is 11.9. The fourth-order valence-electron chi connectivity index (χ4n) is 1.91. The summed E-state index contributed by atoms with van der Waals surface area (Å²) in [6, 6.07) is 16.6. The van der Waals surface area contributed by atoms with Crippen LogP contribution in [0.2, 0.25) is 0 Å². The highest BCUT2D eigenvalue weighted by atomic mass is 16.5. The first kappa shape index (κ1) is 16.4. The Morgan fingerprint density at radius 1 is 0.957 bits per heavy atom. The number of rotatable bonds is 6. The SMILES string of the molecule is CC(NC(=O)c1ccccc1)C(=O)C(=O)OCc1ccccc1. The fraction of sp³-hybridized carbons (Fsp3) is 0.167. The second-order valence-electron chi connectivity index (χ2n) is 4.99. The first-order valence-electron chi connectivity index (χ1n) is 7.18. The van der Waals surface area contributed by atoms with Gasteiger partial charge in [0.25, 0.3) is 11.7 Å². The lowest BCUT2D eigenvalue weighted by molar-refractivity contribution is -0.155. The molecule has 0 aliphatic heterocycles. The van der Waals surface area contributed by atoms with Crippen molar-refractivity contribution in [3.8, 4) is 0 Å². The van der Waals surface area contributed by atoms with Crippen molar-refractivity contribution >= 4 is 17.7 Å². The van der Waals surface area contributed by atoms with Crippen molar-refractivity contribution in [2.24, 2.45) is 0 Å². The predicted octanol–water partition coefficient (Wildman–Crippen LogP) is 2.12. The van der Waals surface area contributed by atoms with Crippen molar-refractivity contribution in [2.45, 2.75) is 19.6 Å². The largest absolute Gasteiger partial charge is 0.455 e. The number of amides is 1. The van der Waals surface area contributed by atoms with E-state index in [9.17, 15) is 14.4 Å². The van der Waals surface area contributed by atoms with Crippen LogP contribution in [0.3, 0.4) is 0 Å². The van der Waals surface area contributed by atoms with Gasteiger partial charge in [0, 0.05) is 5.56 Å². The van der Waals surface area contributed by atoms with E-state index in [1.54, 1.807) is 42.5 Å². The molecule has 0 aromatic heterocycles. The zero-order valence-electron chi connectivity index (χ0n) is 12.7. The fourth-order valence-corrected chi connectivity index (χ4v) is 1.91. The standard InChI is InChI=1S/C18H17NO4/c1-13(19-17(21)15-10-6-3-7-11-15)16(20)18(22)23-12-14-8-4-2-5-9-14/h2-11,13H,12H2,1H3,(H,19,21). The Hall–Kier alpha value is -2.95. The Kier molecular flexibility index (Phi) is 5.63. The van der Waals surface area contributed by atoms with Gasteiger partial charge in [0.2, 0.25) is 0 Å². The Balaban J connectivity index is 1.86. The van der Waals surface area contributed by atoms with Crippen LogP contribution in [0.5, 0.6) is 0 Å². The molecule has 0 bridgehead atoms. The first-order valence-corrected chi connectivity index (χ1v) is 7.18. The number of ketones is 1. The van der Waals surface area contributed by atoms with E-state index in [1.807, 2.05) is 18.2 Å². The van der Waals surface area contributed by atoms with E-state index in [1.165, 1.54) is 6.92 Å². The average Bonchev–Trinajstić information content (AvgIpc) is 2.60. The third-order valence-corrected chi connectivity index (χ3v) is 3.19. The highest BCUT2D eigenvalue weighted by Gasteiger charge is 2.24. The van der Waals surface area contributed by atoms with Crippen molar-refractivity contribution in [3.63, 3.8) is 0 Å². The summed E-state index contributed by atoms with van der Waals surface area (Å²) in [7, 11) is 0. The lowest BCUT2D eigenvalue weighted by atomic mass is 10.1. The van der Waals surface area contributed by atoms with Gasteiger partial charge < -0.3 is 10.1 Å². The van der Waals surface area contributed by atoms with Crippen LogP contribution in [0.15, 0.2) is 60.7 Å². The average molecular weight is 311 g/mol. The second-order valence-corrected chi connectivity index (χ2v) is 4.99. The van der Waals surface area contributed by atoms with Crippen LogP contribution in [0.4, 0.5) is 0 Å². The van der Waals surface area contributed by atoms with Crippen molar-refractivity contribution in [1.29, 1.82) is 0 Å². The summed E-state index contributed by atoms with van der Waals surface area (Å²) in [6.07, 6.45) is 0. The van der Waals surface area contributed by atoms with Crippen LogP contribution in [0, 0.1) is 0 Å². The van der Waals surface area contributed by atoms with Gasteiger partial charge in [-0.25, -0.2) is 4.79 Å². The molecule has 118 valence electrons. The molecule has 1 N–H and O–H groups in total. The molecule has 1 atom stereocenters. The molecule has 0 spiro atoms. The number of Topliss-reactive ketones (excluding diaryl/α,β-unsaturated/α-hetero) is 1. The van der Waals surface area contributed by atoms with Crippen LogP contribution in [0.25, 0.3) is 0 Å². The number of benzene rings is 2. The Labute approximate surface area is 134 Å². The molecule has 0 aliphatic rings. The van der Waals surface area contributed by atoms with Crippen molar-refractivity contribution < 1.29 is 19.1 Å². The summed E-state index contributed by atoms with van der Waals surface area (Å²) in [5, 5.41) is 2.49. The molecule has 5 heteroatoms. The highest BCUT2D eigenvalue weighted by Crippen LogP contribution is 2.03. The zero-order valence-corrected chi connectivity index (χ0v) is 12.7. The molecule has 0 heterocycles. The normalized spacial score (nSPS) is 11.3. The molecule has 0 saturated heterocycles. The van der Waals surface area contributed by atoms with E-state index in [0.29, 0.717) is 5.56 Å². The monoisotopic (exact) mass is 311 g/mol. The summed E-state index contributed by atoms with van der Waals surface area (Å²) in [4.78, 5) is 35.6. The van der Waals surface area contributed by atoms with Crippen LogP contribution in [-0.4, -0.2) is 23.7 Å². The summed E-state index contributed by atoms with van der Waals surface area (Å²) >= 11 is 0. The molecule has 1 amide bonds. The highest BCUT2D eigenvalue weighted by molar-refractivity contribution is 6.36. The van der Waals surface area contributed by atoms with E-state index in [0.717, 1.165) is 5.56 Å². The minimum Gasteiger partial charge on any atom is -0.455 e. The minimum absolute atomic E-state index is 0.0186. The van der Waals surface area contributed by atoms with Crippen LogP contribution in [0.1, 0.15) is 22.8 Å². The summed E-state index contributed by atoms with van der Waals surface area (Å²) < 4.78 is 4.96. The summed E-state index contributed by atoms with van der Waals surface area (Å²) in [6.45, 7) is 1.47. The van der Waals surface area contributed by atoms with E-state index >= 15 is 0 Å². The molecule has 0 fully saturated rings. The quantitative estimate of drug-likeness (QED) is 0.655. The second kappa shape index (κ2) is 7.89. The van der Waals surface area contributed by atoms with Gasteiger partial charge in [0.05, 0.1) is 6.04 Å². The van der Waals surface area contributed by atoms with Gasteiger partial charge in [-0.3, -0.25) is 9.59 Å². The number of carbonyl (C=O) groups is 3. The molecule has 0 saturated carbocycles. The van der Waals surface area contributed by atoms with Crippen molar-refractivity contribution in [3.05, 3.63) is 71.8 Å². The number of nitrogens with one attached hydrogen (secondary N) is 1. The molecule has 2 rings (SSSR count). The van der Waals surface area contributed by atoms with Crippen molar-refractivity contribution in [1.82, 2.24) is 5.32 Å². The molecular weight excluding hydrogens is 294 g/mol. The predicted molar refractivity (Wildman–Crippen MR) is 84.6 cm³/mol. The molecule has 1 unspecified atom stereocenters. The first-order chi connectivity index (χ1) is 11.1. The third-order valence-electron chi connectivity index (χ3n) is 3.19. The van der Waals surface area contributed by atoms with Crippen molar-refractivity contribution in [2.75, 3.05) is 0 Å². The summed E-state index contributed by atoms with van der Waals surface area (Å²) in [5.41, 5.74) is 1.21. The van der Waals surface area contributed by atoms with Gasteiger partial charge in [0.15, 0.2) is 0 Å². The molecule has 0 radical (unpaired) electrons. The topological polar surface area (TPSA) is 72.5 Å². The number of carbonyl (C=O) groups excluding carboxylic acids is 3. The van der Waals surface area contributed by atoms with Crippen LogP contribution in [-0.2, 0) is 20.9 Å².